The molecule has 3 rings (SSSR count). The molecule has 1 aliphatic carbocycles. The first-order chi connectivity index (χ1) is 12.7. The predicted octanol–water partition coefficient (Wildman–Crippen LogP) is 6.10. The highest BCUT2D eigenvalue weighted by Gasteiger charge is 2.35. The largest absolute Gasteiger partial charge is 0.307 e. The summed E-state index contributed by atoms with van der Waals surface area (Å²) in [7, 11) is 0. The third-order valence-corrected chi connectivity index (χ3v) is 4.90. The third-order valence-electron chi connectivity index (χ3n) is 4.90. The molecule has 0 N–H and O–H groups in total. The molecule has 0 bridgehead atoms. The molecule has 0 aromatic heterocycles. The Morgan fingerprint density at radius 3 is 2.12 bits per heavy atom. The molecular formula is C25H26O. The third kappa shape index (κ3) is 3.85. The summed E-state index contributed by atoms with van der Waals surface area (Å²) >= 11 is 0. The van der Waals surface area contributed by atoms with E-state index in [9.17, 15) is 0 Å². The van der Waals surface area contributed by atoms with Crippen molar-refractivity contribution in [3.8, 4) is 0 Å². The molecule has 0 radical (unpaired) electrons. The first kappa shape index (κ1) is 19.4. The van der Waals surface area contributed by atoms with Crippen LogP contribution in [0.1, 0.15) is 37.0 Å². The second-order valence-electron chi connectivity index (χ2n) is 6.46. The number of carbonyl (C=O) groups is 1. The van der Waals surface area contributed by atoms with Crippen LogP contribution in [0.2, 0.25) is 0 Å². The highest BCUT2D eigenvalue weighted by Crippen LogP contribution is 2.43. The van der Waals surface area contributed by atoms with Crippen molar-refractivity contribution >= 4 is 6.79 Å². The van der Waals surface area contributed by atoms with Crippen LogP contribution in [0.3, 0.4) is 0 Å². The van der Waals surface area contributed by atoms with Crippen molar-refractivity contribution in [3.05, 3.63) is 112 Å². The molecule has 2 aromatic carbocycles. The van der Waals surface area contributed by atoms with Gasteiger partial charge in [-0.3, -0.25) is 0 Å². The standard InChI is InChI=1S/C24H24.CH2O/c1-4-24(21-10-6-5-7-11-21,23-17-14-20(3)15-18-23)22-12-8-9-19(2)13-16-22;1-2/h5-11,13-18H,4H2,1-3H3;1H2. The summed E-state index contributed by atoms with van der Waals surface area (Å²) in [4.78, 5) is 8.00. The summed E-state index contributed by atoms with van der Waals surface area (Å²) in [6.45, 7) is 8.53. The second-order valence-corrected chi connectivity index (χ2v) is 6.46. The predicted molar refractivity (Wildman–Crippen MR) is 110 cm³/mol. The fraction of sp³-hybridized carbons (Fsp3) is 0.200. The van der Waals surface area contributed by atoms with Crippen LogP contribution < -0.4 is 0 Å². The van der Waals surface area contributed by atoms with Crippen LogP contribution in [0.5, 0.6) is 0 Å². The number of rotatable bonds is 4. The minimum atomic E-state index is -0.180. The fourth-order valence-electron chi connectivity index (χ4n) is 3.48. The Morgan fingerprint density at radius 2 is 1.50 bits per heavy atom. The van der Waals surface area contributed by atoms with Gasteiger partial charge in [-0.2, -0.15) is 0 Å². The summed E-state index contributed by atoms with van der Waals surface area (Å²) < 4.78 is 0. The number of benzene rings is 2. The Bertz CT molecular complexity index is 847. The van der Waals surface area contributed by atoms with E-state index in [1.807, 2.05) is 12.9 Å². The molecule has 1 unspecified atom stereocenters. The van der Waals surface area contributed by atoms with Crippen molar-refractivity contribution in [1.82, 2.24) is 0 Å². The van der Waals surface area contributed by atoms with Gasteiger partial charge in [0.15, 0.2) is 0 Å². The van der Waals surface area contributed by atoms with E-state index in [2.05, 4.69) is 99.3 Å². The van der Waals surface area contributed by atoms with Gasteiger partial charge in [-0.15, -0.1) is 5.73 Å². The van der Waals surface area contributed by atoms with Crippen LogP contribution in [0, 0.1) is 6.92 Å². The van der Waals surface area contributed by atoms with Gasteiger partial charge in [0.05, 0.1) is 5.41 Å². The molecule has 0 heterocycles. The smallest absolute Gasteiger partial charge is 0.106 e. The average Bonchev–Trinajstić information content (AvgIpc) is 2.92. The lowest BCUT2D eigenvalue weighted by Crippen LogP contribution is -2.28. The zero-order valence-corrected chi connectivity index (χ0v) is 15.8. The van der Waals surface area contributed by atoms with Crippen molar-refractivity contribution in [3.63, 3.8) is 0 Å². The maximum absolute atomic E-state index is 8.00. The van der Waals surface area contributed by atoms with Crippen molar-refractivity contribution in [2.45, 2.75) is 32.6 Å². The Kier molecular flexibility index (Phi) is 6.72. The highest BCUT2D eigenvalue weighted by atomic mass is 16.1. The van der Waals surface area contributed by atoms with Crippen LogP contribution in [0.25, 0.3) is 0 Å². The van der Waals surface area contributed by atoms with Gasteiger partial charge < -0.3 is 4.79 Å². The first-order valence-electron chi connectivity index (χ1n) is 8.90. The van der Waals surface area contributed by atoms with E-state index in [1.54, 1.807) is 0 Å². The SMILES string of the molecule is C=O.CCC(C1=C=CC=C(C)C=C1)(c1ccccc1)c1ccc(C)cc1. The molecule has 2 aromatic rings. The van der Waals surface area contributed by atoms with Gasteiger partial charge in [0.25, 0.3) is 0 Å². The average molecular weight is 342 g/mol. The van der Waals surface area contributed by atoms with Gasteiger partial charge in [0.2, 0.25) is 0 Å². The van der Waals surface area contributed by atoms with Gasteiger partial charge in [-0.05, 0) is 43.5 Å². The monoisotopic (exact) mass is 342 g/mol. The first-order valence-corrected chi connectivity index (χ1v) is 8.90. The van der Waals surface area contributed by atoms with E-state index in [0.29, 0.717) is 0 Å². The van der Waals surface area contributed by atoms with Gasteiger partial charge in [-0.25, -0.2) is 0 Å². The zero-order valence-electron chi connectivity index (χ0n) is 15.8. The fourth-order valence-corrected chi connectivity index (χ4v) is 3.48. The van der Waals surface area contributed by atoms with Crippen molar-refractivity contribution in [1.29, 1.82) is 0 Å². The molecule has 1 aliphatic rings. The Hall–Kier alpha value is -2.89. The molecule has 132 valence electrons. The van der Waals surface area contributed by atoms with Crippen molar-refractivity contribution in [2.75, 3.05) is 0 Å². The summed E-state index contributed by atoms with van der Waals surface area (Å²) in [6.07, 6.45) is 9.56. The van der Waals surface area contributed by atoms with Crippen LogP contribution in [0.4, 0.5) is 0 Å². The minimum Gasteiger partial charge on any atom is -0.307 e. The van der Waals surface area contributed by atoms with E-state index >= 15 is 0 Å². The quantitative estimate of drug-likeness (QED) is 0.613. The Balaban J connectivity index is 0.00000117. The highest BCUT2D eigenvalue weighted by molar-refractivity contribution is 5.54. The number of hydrogen-bond donors (Lipinski definition) is 0. The van der Waals surface area contributed by atoms with Crippen molar-refractivity contribution in [2.24, 2.45) is 0 Å². The molecule has 1 atom stereocenters. The van der Waals surface area contributed by atoms with Gasteiger partial charge >= 0.3 is 0 Å². The van der Waals surface area contributed by atoms with E-state index in [4.69, 9.17) is 4.79 Å². The Morgan fingerprint density at radius 1 is 0.885 bits per heavy atom. The molecule has 1 nitrogen and oxygen atoms in total. The lowest BCUT2D eigenvalue weighted by atomic mass is 9.67. The molecule has 0 spiro atoms. The van der Waals surface area contributed by atoms with Gasteiger partial charge in [0, 0.05) is 5.57 Å². The van der Waals surface area contributed by atoms with Crippen LogP contribution in [0.15, 0.2) is 95.8 Å². The molecule has 0 saturated heterocycles. The van der Waals surface area contributed by atoms with Gasteiger partial charge in [-0.1, -0.05) is 84.8 Å². The normalized spacial score (nSPS) is 15.0. The van der Waals surface area contributed by atoms with Crippen LogP contribution in [-0.2, 0) is 10.2 Å². The summed E-state index contributed by atoms with van der Waals surface area (Å²) in [5, 5.41) is 0. The number of carbonyl (C=O) groups excluding carboxylic acids is 1. The van der Waals surface area contributed by atoms with Gasteiger partial charge in [0.1, 0.15) is 6.79 Å². The summed E-state index contributed by atoms with van der Waals surface area (Å²) in [6, 6.07) is 19.7. The maximum atomic E-state index is 8.00. The van der Waals surface area contributed by atoms with E-state index in [1.165, 1.54) is 27.8 Å². The Labute approximate surface area is 157 Å². The lowest BCUT2D eigenvalue weighted by molar-refractivity contribution is -0.0979. The van der Waals surface area contributed by atoms with Crippen LogP contribution in [-0.4, -0.2) is 6.79 Å². The molecule has 0 aliphatic heterocycles. The molecule has 0 amide bonds. The number of hydrogen-bond acceptors (Lipinski definition) is 1. The summed E-state index contributed by atoms with van der Waals surface area (Å²) in [5.74, 6) is 0. The van der Waals surface area contributed by atoms with Crippen LogP contribution >= 0.6 is 0 Å². The van der Waals surface area contributed by atoms with Crippen molar-refractivity contribution < 1.29 is 4.79 Å². The number of allylic oxidation sites excluding steroid dienone is 5. The lowest BCUT2D eigenvalue weighted by Gasteiger charge is -2.35. The van der Waals surface area contributed by atoms with E-state index < -0.39 is 0 Å². The summed E-state index contributed by atoms with van der Waals surface area (Å²) in [5.41, 5.74) is 9.75. The topological polar surface area (TPSA) is 17.1 Å². The minimum absolute atomic E-state index is 0.180. The van der Waals surface area contributed by atoms with E-state index in [0.717, 1.165) is 6.42 Å². The van der Waals surface area contributed by atoms with E-state index in [-0.39, 0.29) is 5.41 Å². The molecule has 1 heteroatoms. The second kappa shape index (κ2) is 8.99. The molecular weight excluding hydrogens is 316 g/mol. The maximum Gasteiger partial charge on any atom is 0.106 e. The number of aryl methyl sites for hydroxylation is 1. The molecule has 26 heavy (non-hydrogen) atoms. The molecule has 0 saturated carbocycles. The molecule has 0 fully saturated rings. The zero-order chi connectivity index (χ0) is 19.0.